The Balaban J connectivity index is 0.00000200. The molecule has 0 aromatic heterocycles. The van der Waals surface area contributed by atoms with Gasteiger partial charge in [0.25, 0.3) is 0 Å². The molecule has 0 saturated carbocycles. The smallest absolute Gasteiger partial charge is 0.0406 e. The zero-order chi connectivity index (χ0) is 13.5. The van der Waals surface area contributed by atoms with Crippen LogP contribution in [0.1, 0.15) is 36.9 Å². The van der Waals surface area contributed by atoms with Crippen LogP contribution in [0.5, 0.6) is 0 Å². The van der Waals surface area contributed by atoms with Crippen molar-refractivity contribution in [3.63, 3.8) is 0 Å². The number of benzene rings is 2. The highest BCUT2D eigenvalue weighted by Gasteiger charge is 2.09. The lowest BCUT2D eigenvalue weighted by Gasteiger charge is -2.18. The third-order valence-electron chi connectivity index (χ3n) is 3.25. The highest BCUT2D eigenvalue weighted by Crippen LogP contribution is 2.19. The molecule has 0 radical (unpaired) electrons. The Bertz CT molecular complexity index is 482. The summed E-state index contributed by atoms with van der Waals surface area (Å²) in [5, 5.41) is 4.42. The molecule has 0 aliphatic heterocycles. The molecule has 2 aromatic rings. The van der Waals surface area contributed by atoms with Crippen LogP contribution in [0.3, 0.4) is 0 Å². The monoisotopic (exact) mass is 309 g/mol. The van der Waals surface area contributed by atoms with Crippen molar-refractivity contribution in [3.05, 3.63) is 70.7 Å². The lowest BCUT2D eigenvalue weighted by Crippen LogP contribution is -2.20. The lowest BCUT2D eigenvalue weighted by atomic mass is 10.0. The molecule has 0 bridgehead atoms. The molecular weight excluding hydrogens is 289 g/mol. The van der Waals surface area contributed by atoms with Gasteiger partial charge >= 0.3 is 0 Å². The molecule has 0 spiro atoms. The fourth-order valence-electron chi connectivity index (χ4n) is 2.20. The van der Waals surface area contributed by atoms with Gasteiger partial charge in [-0.3, -0.25) is 0 Å². The molecule has 1 atom stereocenters. The van der Waals surface area contributed by atoms with Crippen LogP contribution in [0.4, 0.5) is 0 Å². The van der Waals surface area contributed by atoms with Crippen LogP contribution >= 0.6 is 24.0 Å². The zero-order valence-corrected chi connectivity index (χ0v) is 13.3. The fraction of sp³-hybridized carbons (Fsp3) is 0.294. The Labute approximate surface area is 132 Å². The summed E-state index contributed by atoms with van der Waals surface area (Å²) in [4.78, 5) is 0. The minimum atomic E-state index is 0. The molecule has 0 saturated heterocycles. The van der Waals surface area contributed by atoms with E-state index >= 15 is 0 Å². The Morgan fingerprint density at radius 3 is 2.25 bits per heavy atom. The molecule has 0 fully saturated rings. The largest absolute Gasteiger partial charge is 0.306 e. The van der Waals surface area contributed by atoms with E-state index in [0.29, 0.717) is 6.04 Å². The van der Waals surface area contributed by atoms with Crippen molar-refractivity contribution in [1.82, 2.24) is 5.32 Å². The number of hydrogen-bond acceptors (Lipinski definition) is 1. The van der Waals surface area contributed by atoms with E-state index in [1.165, 1.54) is 17.5 Å². The Kier molecular flexibility index (Phi) is 7.68. The first-order chi connectivity index (χ1) is 9.29. The lowest BCUT2D eigenvalue weighted by molar-refractivity contribution is 0.493. The van der Waals surface area contributed by atoms with Crippen LogP contribution in [0.25, 0.3) is 0 Å². The highest BCUT2D eigenvalue weighted by molar-refractivity contribution is 6.30. The molecule has 20 heavy (non-hydrogen) atoms. The van der Waals surface area contributed by atoms with Crippen LogP contribution in [0.2, 0.25) is 5.02 Å². The second-order valence-electron chi connectivity index (χ2n) is 4.76. The summed E-state index contributed by atoms with van der Waals surface area (Å²) in [7, 11) is 0. The molecule has 0 heterocycles. The van der Waals surface area contributed by atoms with Gasteiger partial charge in [-0.05, 0) is 29.7 Å². The molecule has 0 aliphatic carbocycles. The van der Waals surface area contributed by atoms with Crippen molar-refractivity contribution >= 4 is 24.0 Å². The predicted octanol–water partition coefficient (Wildman–Crippen LogP) is 5.39. The molecule has 1 nitrogen and oxygen atoms in total. The van der Waals surface area contributed by atoms with Crippen molar-refractivity contribution < 1.29 is 0 Å². The molecule has 108 valence electrons. The van der Waals surface area contributed by atoms with Gasteiger partial charge in [0.05, 0.1) is 0 Å². The fourth-order valence-corrected chi connectivity index (χ4v) is 2.33. The van der Waals surface area contributed by atoms with Crippen molar-refractivity contribution in [3.8, 4) is 0 Å². The summed E-state index contributed by atoms with van der Waals surface area (Å²) >= 11 is 5.90. The number of hydrogen-bond donors (Lipinski definition) is 1. The van der Waals surface area contributed by atoms with Gasteiger partial charge in [-0.15, -0.1) is 12.4 Å². The van der Waals surface area contributed by atoms with E-state index in [4.69, 9.17) is 11.6 Å². The third-order valence-corrected chi connectivity index (χ3v) is 3.50. The molecule has 3 heteroatoms. The zero-order valence-electron chi connectivity index (χ0n) is 11.7. The van der Waals surface area contributed by atoms with Crippen LogP contribution in [-0.4, -0.2) is 0 Å². The molecule has 0 aliphatic rings. The first-order valence-corrected chi connectivity index (χ1v) is 7.20. The third kappa shape index (κ3) is 5.16. The van der Waals surface area contributed by atoms with Gasteiger partial charge in [0, 0.05) is 17.6 Å². The summed E-state index contributed by atoms with van der Waals surface area (Å²) in [5.74, 6) is 0. The van der Waals surface area contributed by atoms with Gasteiger partial charge in [0.15, 0.2) is 0 Å². The van der Waals surface area contributed by atoms with Crippen molar-refractivity contribution in [1.29, 1.82) is 0 Å². The number of rotatable bonds is 6. The van der Waals surface area contributed by atoms with E-state index in [-0.39, 0.29) is 12.4 Å². The van der Waals surface area contributed by atoms with E-state index in [9.17, 15) is 0 Å². The van der Waals surface area contributed by atoms with Gasteiger partial charge in [-0.1, -0.05) is 67.4 Å². The van der Waals surface area contributed by atoms with E-state index in [2.05, 4.69) is 54.7 Å². The molecule has 1 N–H and O–H groups in total. The molecule has 0 amide bonds. The van der Waals surface area contributed by atoms with E-state index in [0.717, 1.165) is 18.0 Å². The van der Waals surface area contributed by atoms with Gasteiger partial charge < -0.3 is 5.32 Å². The Hall–Kier alpha value is -1.02. The van der Waals surface area contributed by atoms with Crippen LogP contribution in [0, 0.1) is 0 Å². The van der Waals surface area contributed by atoms with E-state index in [1.807, 2.05) is 12.1 Å². The average Bonchev–Trinajstić information content (AvgIpc) is 2.46. The van der Waals surface area contributed by atoms with Crippen LogP contribution < -0.4 is 5.32 Å². The number of halogens is 2. The SMILES string of the molecule is CCCC(NCc1ccc(Cl)cc1)c1ccccc1.Cl. The molecular formula is C17H21Cl2N. The van der Waals surface area contributed by atoms with Gasteiger partial charge in [0.1, 0.15) is 0 Å². The van der Waals surface area contributed by atoms with Crippen molar-refractivity contribution in [2.75, 3.05) is 0 Å². The Morgan fingerprint density at radius 2 is 1.65 bits per heavy atom. The minimum Gasteiger partial charge on any atom is -0.306 e. The molecule has 1 unspecified atom stereocenters. The Morgan fingerprint density at radius 1 is 1.00 bits per heavy atom. The molecule has 2 aromatic carbocycles. The minimum absolute atomic E-state index is 0. The van der Waals surface area contributed by atoms with Crippen LogP contribution in [0.15, 0.2) is 54.6 Å². The summed E-state index contributed by atoms with van der Waals surface area (Å²) in [6, 6.07) is 19.1. The van der Waals surface area contributed by atoms with Crippen LogP contribution in [-0.2, 0) is 6.54 Å². The first-order valence-electron chi connectivity index (χ1n) is 6.82. The normalized spacial score (nSPS) is 11.7. The number of nitrogens with one attached hydrogen (secondary N) is 1. The van der Waals surface area contributed by atoms with Gasteiger partial charge in [-0.25, -0.2) is 0 Å². The van der Waals surface area contributed by atoms with E-state index < -0.39 is 0 Å². The summed E-state index contributed by atoms with van der Waals surface area (Å²) in [6.07, 6.45) is 2.32. The maximum absolute atomic E-state index is 5.90. The summed E-state index contributed by atoms with van der Waals surface area (Å²) in [5.41, 5.74) is 2.62. The van der Waals surface area contributed by atoms with Gasteiger partial charge in [0.2, 0.25) is 0 Å². The quantitative estimate of drug-likeness (QED) is 0.754. The maximum Gasteiger partial charge on any atom is 0.0406 e. The summed E-state index contributed by atoms with van der Waals surface area (Å²) < 4.78 is 0. The highest BCUT2D eigenvalue weighted by atomic mass is 35.5. The van der Waals surface area contributed by atoms with Gasteiger partial charge in [-0.2, -0.15) is 0 Å². The first kappa shape index (κ1) is 17.0. The maximum atomic E-state index is 5.90. The van der Waals surface area contributed by atoms with Crippen molar-refractivity contribution in [2.24, 2.45) is 0 Å². The second kappa shape index (κ2) is 9.02. The summed E-state index contributed by atoms with van der Waals surface area (Å²) in [6.45, 7) is 3.09. The molecule has 2 rings (SSSR count). The second-order valence-corrected chi connectivity index (χ2v) is 5.20. The van der Waals surface area contributed by atoms with E-state index in [1.54, 1.807) is 0 Å². The topological polar surface area (TPSA) is 12.0 Å². The van der Waals surface area contributed by atoms with Crippen molar-refractivity contribution in [2.45, 2.75) is 32.4 Å². The standard InChI is InChI=1S/C17H20ClN.ClH/c1-2-6-17(15-7-4-3-5-8-15)19-13-14-9-11-16(18)12-10-14;/h3-5,7-12,17,19H,2,6,13H2,1H3;1H. The predicted molar refractivity (Wildman–Crippen MR) is 89.6 cm³/mol. The average molecular weight is 310 g/mol.